The molecule has 0 saturated heterocycles. The normalized spacial score (nSPS) is 12.1. The van der Waals surface area contributed by atoms with Crippen LogP contribution in [-0.4, -0.2) is 19.2 Å². The van der Waals surface area contributed by atoms with Crippen molar-refractivity contribution in [2.45, 2.75) is 19.4 Å². The second-order valence-corrected chi connectivity index (χ2v) is 4.00. The molecule has 0 saturated carbocycles. The van der Waals surface area contributed by atoms with Crippen molar-refractivity contribution in [3.8, 4) is 5.75 Å². The van der Waals surface area contributed by atoms with Gasteiger partial charge in [0.2, 0.25) is 0 Å². The van der Waals surface area contributed by atoms with E-state index in [1.165, 1.54) is 0 Å². The first-order valence-corrected chi connectivity index (χ1v) is 5.88. The van der Waals surface area contributed by atoms with Crippen LogP contribution in [0.1, 0.15) is 13.3 Å². The molecule has 0 radical (unpaired) electrons. The van der Waals surface area contributed by atoms with E-state index >= 15 is 0 Å². The number of hydrogen-bond donors (Lipinski definition) is 1. The van der Waals surface area contributed by atoms with Gasteiger partial charge in [-0.25, -0.2) is 0 Å². The van der Waals surface area contributed by atoms with Crippen LogP contribution in [-0.2, 0) is 0 Å². The maximum Gasteiger partial charge on any atom is 0.119 e. The van der Waals surface area contributed by atoms with Crippen LogP contribution in [0.3, 0.4) is 0 Å². The van der Waals surface area contributed by atoms with E-state index in [1.807, 2.05) is 30.3 Å². The quantitative estimate of drug-likeness (QED) is 0.738. The molecule has 16 heavy (non-hydrogen) atoms. The summed E-state index contributed by atoms with van der Waals surface area (Å²) in [5.74, 6) is 0.828. The average molecular weight is 240 g/mol. The van der Waals surface area contributed by atoms with Crippen molar-refractivity contribution in [1.82, 2.24) is 5.32 Å². The van der Waals surface area contributed by atoms with Crippen LogP contribution < -0.4 is 10.1 Å². The molecule has 0 fully saturated rings. The van der Waals surface area contributed by atoms with Crippen molar-refractivity contribution in [3.05, 3.63) is 41.9 Å². The van der Waals surface area contributed by atoms with Crippen molar-refractivity contribution < 1.29 is 4.74 Å². The molecule has 0 aliphatic heterocycles. The lowest BCUT2D eigenvalue weighted by Gasteiger charge is -2.15. The summed E-state index contributed by atoms with van der Waals surface area (Å²) in [5.41, 5.74) is 0. The Bertz CT molecular complexity index is 310. The number of ether oxygens (including phenoxy) is 1. The summed E-state index contributed by atoms with van der Waals surface area (Å²) >= 11 is 5.79. The highest BCUT2D eigenvalue weighted by Gasteiger charge is 2.03. The van der Waals surface area contributed by atoms with Crippen molar-refractivity contribution >= 4 is 11.6 Å². The molecule has 88 valence electrons. The predicted octanol–water partition coefficient (Wildman–Crippen LogP) is 3.27. The molecule has 0 heterocycles. The predicted molar refractivity (Wildman–Crippen MR) is 69.2 cm³/mol. The SMILES string of the molecule is C=CC(COc1ccc(Cl)cc1)NCCC. The Morgan fingerprint density at radius 2 is 2.12 bits per heavy atom. The molecule has 0 amide bonds. The van der Waals surface area contributed by atoms with Gasteiger partial charge in [0.25, 0.3) is 0 Å². The lowest BCUT2D eigenvalue weighted by molar-refractivity contribution is 0.286. The Morgan fingerprint density at radius 1 is 1.44 bits per heavy atom. The molecule has 1 aromatic rings. The van der Waals surface area contributed by atoms with Gasteiger partial charge in [-0.15, -0.1) is 6.58 Å². The first kappa shape index (κ1) is 13.1. The van der Waals surface area contributed by atoms with Crippen LogP contribution in [0, 0.1) is 0 Å². The molecular weight excluding hydrogens is 222 g/mol. The third-order valence-corrected chi connectivity index (χ3v) is 2.44. The molecule has 1 N–H and O–H groups in total. The summed E-state index contributed by atoms with van der Waals surface area (Å²) in [6, 6.07) is 7.55. The highest BCUT2D eigenvalue weighted by atomic mass is 35.5. The maximum atomic E-state index is 5.79. The topological polar surface area (TPSA) is 21.3 Å². The van der Waals surface area contributed by atoms with E-state index in [4.69, 9.17) is 16.3 Å². The molecule has 1 rings (SSSR count). The summed E-state index contributed by atoms with van der Waals surface area (Å²) in [6.45, 7) is 7.47. The van der Waals surface area contributed by atoms with Gasteiger partial charge in [-0.2, -0.15) is 0 Å². The van der Waals surface area contributed by atoms with Crippen LogP contribution in [0.2, 0.25) is 5.02 Å². The second-order valence-electron chi connectivity index (χ2n) is 3.56. The lowest BCUT2D eigenvalue weighted by Crippen LogP contribution is -2.33. The standard InChI is InChI=1S/C13H18ClNO/c1-3-9-15-12(4-2)10-16-13-7-5-11(14)6-8-13/h4-8,12,15H,2-3,9-10H2,1H3. The molecule has 0 spiro atoms. The zero-order chi connectivity index (χ0) is 11.8. The van der Waals surface area contributed by atoms with Crippen molar-refractivity contribution in [2.75, 3.05) is 13.2 Å². The fourth-order valence-corrected chi connectivity index (χ4v) is 1.38. The zero-order valence-electron chi connectivity index (χ0n) is 9.58. The number of rotatable bonds is 7. The van der Waals surface area contributed by atoms with Gasteiger partial charge in [-0.3, -0.25) is 0 Å². The first-order chi connectivity index (χ1) is 7.76. The summed E-state index contributed by atoms with van der Waals surface area (Å²) < 4.78 is 5.62. The molecule has 0 aliphatic carbocycles. The van der Waals surface area contributed by atoms with E-state index in [1.54, 1.807) is 0 Å². The van der Waals surface area contributed by atoms with Crippen molar-refractivity contribution in [1.29, 1.82) is 0 Å². The van der Waals surface area contributed by atoms with Gasteiger partial charge in [-0.1, -0.05) is 24.6 Å². The Labute approximate surface area is 102 Å². The zero-order valence-corrected chi connectivity index (χ0v) is 10.3. The fourth-order valence-electron chi connectivity index (χ4n) is 1.26. The van der Waals surface area contributed by atoms with Crippen LogP contribution in [0.25, 0.3) is 0 Å². The van der Waals surface area contributed by atoms with E-state index in [-0.39, 0.29) is 6.04 Å². The first-order valence-electron chi connectivity index (χ1n) is 5.50. The smallest absolute Gasteiger partial charge is 0.119 e. The van der Waals surface area contributed by atoms with E-state index in [0.29, 0.717) is 6.61 Å². The second kappa shape index (κ2) is 7.31. The molecule has 3 heteroatoms. The van der Waals surface area contributed by atoms with Crippen LogP contribution in [0.5, 0.6) is 5.75 Å². The van der Waals surface area contributed by atoms with Crippen molar-refractivity contribution in [3.63, 3.8) is 0 Å². The fraction of sp³-hybridized carbons (Fsp3) is 0.385. The van der Waals surface area contributed by atoms with E-state index < -0.39 is 0 Å². The highest BCUT2D eigenvalue weighted by molar-refractivity contribution is 6.30. The largest absolute Gasteiger partial charge is 0.492 e. The Morgan fingerprint density at radius 3 is 2.69 bits per heavy atom. The van der Waals surface area contributed by atoms with Gasteiger partial charge in [0.1, 0.15) is 12.4 Å². The Balaban J connectivity index is 2.37. The van der Waals surface area contributed by atoms with E-state index in [9.17, 15) is 0 Å². The van der Waals surface area contributed by atoms with Gasteiger partial charge in [0.15, 0.2) is 0 Å². The van der Waals surface area contributed by atoms with Gasteiger partial charge >= 0.3 is 0 Å². The maximum absolute atomic E-state index is 5.79. The Hall–Kier alpha value is -0.990. The minimum absolute atomic E-state index is 0.190. The van der Waals surface area contributed by atoms with Crippen LogP contribution >= 0.6 is 11.6 Å². The molecule has 0 aliphatic rings. The van der Waals surface area contributed by atoms with Gasteiger partial charge in [-0.05, 0) is 37.2 Å². The molecule has 1 aromatic carbocycles. The molecule has 1 unspecified atom stereocenters. The summed E-state index contributed by atoms with van der Waals surface area (Å²) in [5, 5.41) is 4.05. The number of hydrogen-bond acceptors (Lipinski definition) is 2. The molecule has 0 aromatic heterocycles. The minimum atomic E-state index is 0.190. The average Bonchev–Trinajstić information content (AvgIpc) is 2.32. The lowest BCUT2D eigenvalue weighted by atomic mass is 10.3. The van der Waals surface area contributed by atoms with E-state index in [0.717, 1.165) is 23.7 Å². The molecule has 1 atom stereocenters. The van der Waals surface area contributed by atoms with Gasteiger partial charge < -0.3 is 10.1 Å². The van der Waals surface area contributed by atoms with Crippen LogP contribution in [0.15, 0.2) is 36.9 Å². The molecule has 2 nitrogen and oxygen atoms in total. The number of nitrogens with one attached hydrogen (secondary N) is 1. The van der Waals surface area contributed by atoms with Crippen molar-refractivity contribution in [2.24, 2.45) is 0 Å². The third kappa shape index (κ3) is 4.69. The van der Waals surface area contributed by atoms with Gasteiger partial charge in [0.05, 0.1) is 6.04 Å². The van der Waals surface area contributed by atoms with E-state index in [2.05, 4.69) is 18.8 Å². The third-order valence-electron chi connectivity index (χ3n) is 2.18. The summed E-state index contributed by atoms with van der Waals surface area (Å²) in [7, 11) is 0. The molecular formula is C13H18ClNO. The number of halogens is 1. The monoisotopic (exact) mass is 239 g/mol. The highest BCUT2D eigenvalue weighted by Crippen LogP contribution is 2.15. The Kier molecular flexibility index (Phi) is 5.98. The summed E-state index contributed by atoms with van der Waals surface area (Å²) in [4.78, 5) is 0. The molecule has 0 bridgehead atoms. The minimum Gasteiger partial charge on any atom is -0.492 e. The van der Waals surface area contributed by atoms with Crippen LogP contribution in [0.4, 0.5) is 0 Å². The summed E-state index contributed by atoms with van der Waals surface area (Å²) in [6.07, 6.45) is 2.97. The van der Waals surface area contributed by atoms with Gasteiger partial charge in [0, 0.05) is 5.02 Å². The number of benzene rings is 1.